The number of furan rings is 1. The Morgan fingerprint density at radius 2 is 2.03 bits per heavy atom. The number of para-hydroxylation sites is 1. The van der Waals surface area contributed by atoms with Crippen LogP contribution in [-0.4, -0.2) is 56.0 Å². The van der Waals surface area contributed by atoms with Crippen LogP contribution in [-0.2, 0) is 24.8 Å². The second-order valence-electron chi connectivity index (χ2n) is 8.67. The van der Waals surface area contributed by atoms with Gasteiger partial charge in [-0.3, -0.25) is 19.1 Å². The molecule has 2 N–H and O–H groups in total. The third kappa shape index (κ3) is 4.47. The highest BCUT2D eigenvalue weighted by molar-refractivity contribution is 6.07. The maximum Gasteiger partial charge on any atom is 0.269 e. The average Bonchev–Trinajstić information content (AvgIpc) is 3.68. The number of benzene rings is 1. The van der Waals surface area contributed by atoms with Crippen molar-refractivity contribution in [3.05, 3.63) is 71.9 Å². The summed E-state index contributed by atoms with van der Waals surface area (Å²) in [5.74, 6) is -0.661. The van der Waals surface area contributed by atoms with Crippen molar-refractivity contribution in [3.8, 4) is 0 Å². The summed E-state index contributed by atoms with van der Waals surface area (Å²) < 4.78 is 12.3. The van der Waals surface area contributed by atoms with E-state index in [1.54, 1.807) is 25.2 Å². The number of nitrogens with zero attached hydrogens (tertiary/aromatic N) is 4. The van der Waals surface area contributed by atoms with Crippen LogP contribution in [0.1, 0.15) is 45.8 Å². The number of aryl methyl sites for hydroxylation is 2. The van der Waals surface area contributed by atoms with Crippen LogP contribution >= 0.6 is 0 Å². The molecule has 3 amide bonds. The highest BCUT2D eigenvalue weighted by atomic mass is 16.3. The molecule has 11 nitrogen and oxygen atoms in total. The quantitative estimate of drug-likeness (QED) is 0.405. The zero-order chi connectivity index (χ0) is 25.2. The van der Waals surface area contributed by atoms with Crippen LogP contribution in [0.2, 0.25) is 0 Å². The van der Waals surface area contributed by atoms with Gasteiger partial charge in [0.25, 0.3) is 11.8 Å². The number of carbonyl (C=O) groups excluding carboxylic acids is 3. The number of rotatable bonds is 7. The van der Waals surface area contributed by atoms with E-state index in [-0.39, 0.29) is 37.2 Å². The number of oxazole rings is 1. The lowest BCUT2D eigenvalue weighted by Gasteiger charge is -2.23. The molecule has 2 atom stereocenters. The summed E-state index contributed by atoms with van der Waals surface area (Å²) in [6.07, 6.45) is 5.28. The molecule has 3 aromatic heterocycles. The number of hydrogen-bond donors (Lipinski definition) is 2. The van der Waals surface area contributed by atoms with Crippen LogP contribution in [0.25, 0.3) is 11.0 Å². The van der Waals surface area contributed by atoms with Gasteiger partial charge in [0, 0.05) is 25.0 Å². The zero-order valence-electron chi connectivity index (χ0n) is 19.9. The maximum absolute atomic E-state index is 13.6. The van der Waals surface area contributed by atoms with E-state index in [9.17, 15) is 14.4 Å². The molecule has 0 spiro atoms. The van der Waals surface area contributed by atoms with E-state index < -0.39 is 12.1 Å². The first-order valence-electron chi connectivity index (χ1n) is 11.7. The van der Waals surface area contributed by atoms with Gasteiger partial charge in [0.1, 0.15) is 29.8 Å². The van der Waals surface area contributed by atoms with E-state index in [4.69, 9.17) is 8.83 Å². The third-order valence-corrected chi connectivity index (χ3v) is 6.33. The second-order valence-corrected chi connectivity index (χ2v) is 8.67. The molecule has 1 aliphatic rings. The summed E-state index contributed by atoms with van der Waals surface area (Å²) in [5.41, 5.74) is 2.17. The average molecular weight is 491 g/mol. The normalized spacial score (nSPS) is 17.4. The van der Waals surface area contributed by atoms with Crippen LogP contribution in [0.5, 0.6) is 0 Å². The zero-order valence-corrected chi connectivity index (χ0v) is 19.9. The molecule has 0 aliphatic carbocycles. The van der Waals surface area contributed by atoms with Crippen molar-refractivity contribution in [1.29, 1.82) is 0 Å². The molecule has 36 heavy (non-hydrogen) atoms. The summed E-state index contributed by atoms with van der Waals surface area (Å²) in [7, 11) is 1.71. The summed E-state index contributed by atoms with van der Waals surface area (Å²) in [5, 5.41) is 10.7. The summed E-state index contributed by atoms with van der Waals surface area (Å²) in [6, 6.07) is 7.72. The molecule has 1 aliphatic heterocycles. The Balaban J connectivity index is 1.37. The van der Waals surface area contributed by atoms with Crippen molar-refractivity contribution in [1.82, 2.24) is 30.3 Å². The number of fused-ring (bicyclic) bond motifs is 1. The number of aromatic nitrogens is 3. The Hall–Kier alpha value is -4.41. The van der Waals surface area contributed by atoms with Gasteiger partial charge in [0.2, 0.25) is 11.8 Å². The van der Waals surface area contributed by atoms with Crippen molar-refractivity contribution in [2.45, 2.75) is 38.4 Å². The van der Waals surface area contributed by atoms with E-state index in [1.807, 2.05) is 19.1 Å². The SMILES string of the molecule is CCc1cc(C(=O)N[C@@H]2C[C@@H](C(=O)NCc3ncco3)N(C(=O)c3coc4ccccc34)C2)n(C)n1. The molecule has 1 aromatic carbocycles. The standard InChI is InChI=1S/C25H26N6O5/c1-3-15-10-19(30(2)29-15)24(33)28-16-11-20(23(32)27-12-22-26-8-9-35-22)31(13-16)25(34)18-14-36-21-7-5-4-6-17(18)21/h4-10,14,16,20H,3,11-13H2,1-2H3,(H,27,32)(H,28,33)/t16-,20+/m1/s1. The Morgan fingerprint density at radius 1 is 1.19 bits per heavy atom. The summed E-state index contributed by atoms with van der Waals surface area (Å²) in [4.78, 5) is 45.2. The Kier molecular flexibility index (Phi) is 6.28. The molecule has 0 radical (unpaired) electrons. The maximum atomic E-state index is 13.6. The number of likely N-dealkylation sites (tertiary alicyclic amines) is 1. The van der Waals surface area contributed by atoms with Gasteiger partial charge in [-0.15, -0.1) is 0 Å². The molecule has 5 rings (SSSR count). The van der Waals surface area contributed by atoms with Gasteiger partial charge in [0.05, 0.1) is 24.0 Å². The molecular weight excluding hydrogens is 464 g/mol. The Labute approximate surface area is 206 Å². The minimum Gasteiger partial charge on any atom is -0.463 e. The molecule has 1 fully saturated rings. The lowest BCUT2D eigenvalue weighted by atomic mass is 10.1. The summed E-state index contributed by atoms with van der Waals surface area (Å²) >= 11 is 0. The monoisotopic (exact) mass is 490 g/mol. The van der Waals surface area contributed by atoms with E-state index in [0.29, 0.717) is 34.5 Å². The first-order chi connectivity index (χ1) is 17.4. The fourth-order valence-corrected chi connectivity index (χ4v) is 4.50. The molecular formula is C25H26N6O5. The minimum atomic E-state index is -0.802. The molecule has 11 heteroatoms. The molecule has 0 bridgehead atoms. The highest BCUT2D eigenvalue weighted by Crippen LogP contribution is 2.27. The van der Waals surface area contributed by atoms with Gasteiger partial charge < -0.3 is 24.4 Å². The predicted molar refractivity (Wildman–Crippen MR) is 128 cm³/mol. The van der Waals surface area contributed by atoms with Crippen molar-refractivity contribution in [3.63, 3.8) is 0 Å². The molecule has 0 unspecified atom stereocenters. The van der Waals surface area contributed by atoms with Crippen molar-refractivity contribution < 1.29 is 23.2 Å². The largest absolute Gasteiger partial charge is 0.463 e. The molecule has 1 saturated heterocycles. The third-order valence-electron chi connectivity index (χ3n) is 6.33. The fraction of sp³-hybridized carbons (Fsp3) is 0.320. The van der Waals surface area contributed by atoms with Crippen molar-refractivity contribution >= 4 is 28.7 Å². The van der Waals surface area contributed by atoms with Crippen LogP contribution in [0.15, 0.2) is 57.9 Å². The smallest absolute Gasteiger partial charge is 0.269 e. The van der Waals surface area contributed by atoms with Crippen molar-refractivity contribution in [2.24, 2.45) is 7.05 Å². The topological polar surface area (TPSA) is 136 Å². The highest BCUT2D eigenvalue weighted by Gasteiger charge is 2.41. The predicted octanol–water partition coefficient (Wildman–Crippen LogP) is 2.05. The summed E-state index contributed by atoms with van der Waals surface area (Å²) in [6.45, 7) is 2.22. The van der Waals surface area contributed by atoms with E-state index in [0.717, 1.165) is 5.69 Å². The van der Waals surface area contributed by atoms with Crippen LogP contribution in [0.4, 0.5) is 0 Å². The van der Waals surface area contributed by atoms with E-state index >= 15 is 0 Å². The number of amides is 3. The van der Waals surface area contributed by atoms with E-state index in [2.05, 4.69) is 20.7 Å². The van der Waals surface area contributed by atoms with Gasteiger partial charge >= 0.3 is 0 Å². The molecule has 186 valence electrons. The lowest BCUT2D eigenvalue weighted by molar-refractivity contribution is -0.125. The minimum absolute atomic E-state index is 0.0881. The van der Waals surface area contributed by atoms with E-state index in [1.165, 1.54) is 28.3 Å². The molecule has 4 aromatic rings. The van der Waals surface area contributed by atoms with Gasteiger partial charge in [-0.25, -0.2) is 4.98 Å². The number of nitrogens with one attached hydrogen (secondary N) is 2. The second kappa shape index (κ2) is 9.68. The van der Waals surface area contributed by atoms with Gasteiger partial charge in [-0.05, 0) is 25.0 Å². The van der Waals surface area contributed by atoms with Crippen molar-refractivity contribution in [2.75, 3.05) is 6.54 Å². The van der Waals surface area contributed by atoms with Gasteiger partial charge in [0.15, 0.2) is 0 Å². The molecule has 0 saturated carbocycles. The van der Waals surface area contributed by atoms with Gasteiger partial charge in [-0.1, -0.05) is 25.1 Å². The number of hydrogen-bond acceptors (Lipinski definition) is 7. The van der Waals surface area contributed by atoms with Crippen LogP contribution in [0.3, 0.4) is 0 Å². The Bertz CT molecular complexity index is 1410. The first kappa shape index (κ1) is 23.3. The fourth-order valence-electron chi connectivity index (χ4n) is 4.50. The van der Waals surface area contributed by atoms with Gasteiger partial charge in [-0.2, -0.15) is 5.10 Å². The molecule has 4 heterocycles. The first-order valence-corrected chi connectivity index (χ1v) is 11.7. The Morgan fingerprint density at radius 3 is 2.78 bits per heavy atom. The van der Waals surface area contributed by atoms with Crippen LogP contribution < -0.4 is 10.6 Å². The van der Waals surface area contributed by atoms with Crippen LogP contribution in [0, 0.1) is 0 Å². The lowest BCUT2D eigenvalue weighted by Crippen LogP contribution is -2.45. The number of carbonyl (C=O) groups is 3.